The SMILES string of the molecule is CCCCCCCCCCCCCCCN(CC)C1CCOCCC(N(CC)CCCCCCCCCCCCCCC)Oc2cccc(c2)O1. The van der Waals surface area contributed by atoms with E-state index in [1.54, 1.807) is 0 Å². The van der Waals surface area contributed by atoms with Crippen LogP contribution < -0.4 is 9.47 Å². The van der Waals surface area contributed by atoms with Gasteiger partial charge in [-0.15, -0.1) is 0 Å². The predicted molar refractivity (Wildman–Crippen MR) is 221 cm³/mol. The average molecular weight is 715 g/mol. The number of hydrogen-bond acceptors (Lipinski definition) is 5. The summed E-state index contributed by atoms with van der Waals surface area (Å²) in [5.74, 6) is 1.81. The zero-order valence-corrected chi connectivity index (χ0v) is 34.6. The molecule has 0 fully saturated rings. The number of unbranched alkanes of at least 4 members (excludes halogenated alkanes) is 24. The van der Waals surface area contributed by atoms with Crippen LogP contribution in [-0.2, 0) is 4.74 Å². The molecule has 1 aliphatic rings. The van der Waals surface area contributed by atoms with Gasteiger partial charge < -0.3 is 14.2 Å². The number of fused-ring (bicyclic) bond motifs is 2. The number of nitrogens with zero attached hydrogens (tertiary/aromatic N) is 2. The number of ether oxygens (including phenoxy) is 3. The van der Waals surface area contributed by atoms with E-state index in [0.717, 1.165) is 63.7 Å². The Balaban J connectivity index is 1.70. The summed E-state index contributed by atoms with van der Waals surface area (Å²) in [5.41, 5.74) is 0. The molecule has 0 saturated heterocycles. The van der Waals surface area contributed by atoms with Crippen molar-refractivity contribution in [2.75, 3.05) is 39.4 Å². The molecule has 0 aliphatic carbocycles. The molecule has 298 valence electrons. The second-order valence-corrected chi connectivity index (χ2v) is 15.6. The highest BCUT2D eigenvalue weighted by Gasteiger charge is 2.23. The molecule has 2 bridgehead atoms. The minimum Gasteiger partial charge on any atom is -0.475 e. The van der Waals surface area contributed by atoms with Crippen LogP contribution in [-0.4, -0.2) is 61.6 Å². The van der Waals surface area contributed by atoms with Crippen molar-refractivity contribution in [3.63, 3.8) is 0 Å². The first-order valence-corrected chi connectivity index (χ1v) is 22.7. The molecule has 1 aromatic carbocycles. The molecular formula is C46H86N2O3. The lowest BCUT2D eigenvalue weighted by molar-refractivity contribution is -0.0260. The normalized spacial score (nSPS) is 16.9. The highest BCUT2D eigenvalue weighted by Crippen LogP contribution is 2.26. The van der Waals surface area contributed by atoms with E-state index in [9.17, 15) is 0 Å². The van der Waals surface area contributed by atoms with E-state index >= 15 is 0 Å². The van der Waals surface area contributed by atoms with Gasteiger partial charge in [0.25, 0.3) is 0 Å². The summed E-state index contributed by atoms with van der Waals surface area (Å²) in [7, 11) is 0. The molecule has 0 N–H and O–H groups in total. The van der Waals surface area contributed by atoms with Crippen LogP contribution in [0, 0.1) is 0 Å². The Morgan fingerprint density at radius 2 is 0.765 bits per heavy atom. The Hall–Kier alpha value is -1.30. The van der Waals surface area contributed by atoms with Crippen molar-refractivity contribution in [3.8, 4) is 11.5 Å². The van der Waals surface area contributed by atoms with E-state index in [4.69, 9.17) is 14.2 Å². The van der Waals surface area contributed by atoms with Gasteiger partial charge in [0.1, 0.15) is 11.5 Å². The van der Waals surface area contributed by atoms with Crippen LogP contribution in [0.3, 0.4) is 0 Å². The van der Waals surface area contributed by atoms with Crippen LogP contribution in [0.25, 0.3) is 0 Å². The first-order chi connectivity index (χ1) is 25.2. The van der Waals surface area contributed by atoms with Crippen molar-refractivity contribution >= 4 is 0 Å². The molecule has 2 unspecified atom stereocenters. The van der Waals surface area contributed by atoms with Gasteiger partial charge in [-0.1, -0.05) is 188 Å². The van der Waals surface area contributed by atoms with Crippen LogP contribution in [0.15, 0.2) is 24.3 Å². The number of benzene rings is 1. The van der Waals surface area contributed by atoms with Crippen LogP contribution in [0.5, 0.6) is 11.5 Å². The fourth-order valence-corrected chi connectivity index (χ4v) is 7.71. The van der Waals surface area contributed by atoms with Crippen molar-refractivity contribution in [2.45, 2.75) is 220 Å². The maximum absolute atomic E-state index is 6.67. The van der Waals surface area contributed by atoms with Gasteiger partial charge in [-0.25, -0.2) is 0 Å². The highest BCUT2D eigenvalue weighted by atomic mass is 16.5. The fourth-order valence-electron chi connectivity index (χ4n) is 7.71. The molecule has 0 aromatic heterocycles. The summed E-state index contributed by atoms with van der Waals surface area (Å²) >= 11 is 0. The smallest absolute Gasteiger partial charge is 0.154 e. The lowest BCUT2D eigenvalue weighted by atomic mass is 10.0. The standard InChI is InChI=1S/C46H86N2O3/c1-5-9-11-13-15-17-19-21-23-25-27-29-31-38-47(7-3)45-36-40-49-41-37-46(51-44-35-33-34-43(42-44)50-45)48(8-4)39-32-30-28-26-24-22-20-18-16-14-12-10-6-2/h33-35,42,45-46H,5-32,36-41H2,1-4H3. The molecule has 51 heavy (non-hydrogen) atoms. The highest BCUT2D eigenvalue weighted by molar-refractivity contribution is 5.33. The van der Waals surface area contributed by atoms with Crippen molar-refractivity contribution in [1.29, 1.82) is 0 Å². The van der Waals surface area contributed by atoms with Crippen molar-refractivity contribution < 1.29 is 14.2 Å². The Bertz CT molecular complexity index is 817. The van der Waals surface area contributed by atoms with Gasteiger partial charge in [-0.05, 0) is 38.1 Å². The number of rotatable bonds is 32. The Morgan fingerprint density at radius 1 is 0.451 bits per heavy atom. The van der Waals surface area contributed by atoms with Crippen LogP contribution >= 0.6 is 0 Å². The third-order valence-corrected chi connectivity index (χ3v) is 11.1. The Labute approximate surface area is 318 Å². The topological polar surface area (TPSA) is 34.2 Å². The van der Waals surface area contributed by atoms with Crippen molar-refractivity contribution in [3.05, 3.63) is 24.3 Å². The molecule has 0 radical (unpaired) electrons. The van der Waals surface area contributed by atoms with Gasteiger partial charge in [0.05, 0.1) is 13.2 Å². The van der Waals surface area contributed by atoms with Gasteiger partial charge in [0.15, 0.2) is 12.5 Å². The zero-order chi connectivity index (χ0) is 36.5. The van der Waals surface area contributed by atoms with Gasteiger partial charge in [-0.2, -0.15) is 0 Å². The number of hydrogen-bond donors (Lipinski definition) is 0. The fraction of sp³-hybridized carbons (Fsp3) is 0.870. The third-order valence-electron chi connectivity index (χ3n) is 11.1. The van der Waals surface area contributed by atoms with E-state index in [2.05, 4.69) is 61.8 Å². The van der Waals surface area contributed by atoms with Crippen molar-refractivity contribution in [2.24, 2.45) is 0 Å². The largest absolute Gasteiger partial charge is 0.475 e. The van der Waals surface area contributed by atoms with Gasteiger partial charge in [-0.3, -0.25) is 9.80 Å². The molecule has 2 atom stereocenters. The second-order valence-electron chi connectivity index (χ2n) is 15.6. The zero-order valence-electron chi connectivity index (χ0n) is 34.6. The summed E-state index contributed by atoms with van der Waals surface area (Å²) in [6.07, 6.45) is 38.0. The molecule has 5 heteroatoms. The molecular weight excluding hydrogens is 629 g/mol. The van der Waals surface area contributed by atoms with Gasteiger partial charge in [0.2, 0.25) is 0 Å². The molecule has 5 nitrogen and oxygen atoms in total. The summed E-state index contributed by atoms with van der Waals surface area (Å²) in [6.45, 7) is 14.7. The van der Waals surface area contributed by atoms with Gasteiger partial charge >= 0.3 is 0 Å². The molecule has 1 heterocycles. The molecule has 0 spiro atoms. The maximum atomic E-state index is 6.67. The lowest BCUT2D eigenvalue weighted by Crippen LogP contribution is -2.42. The molecule has 1 aliphatic heterocycles. The minimum atomic E-state index is 0.0282. The third kappa shape index (κ3) is 23.9. The monoisotopic (exact) mass is 715 g/mol. The van der Waals surface area contributed by atoms with E-state index < -0.39 is 0 Å². The first-order valence-electron chi connectivity index (χ1n) is 22.7. The lowest BCUT2D eigenvalue weighted by Gasteiger charge is -2.33. The summed E-state index contributed by atoms with van der Waals surface area (Å²) in [6, 6.07) is 8.38. The predicted octanol–water partition coefficient (Wildman–Crippen LogP) is 13.7. The molecule has 0 saturated carbocycles. The van der Waals surface area contributed by atoms with E-state index in [0.29, 0.717) is 0 Å². The van der Waals surface area contributed by atoms with Crippen LogP contribution in [0.4, 0.5) is 0 Å². The minimum absolute atomic E-state index is 0.0282. The summed E-state index contributed by atoms with van der Waals surface area (Å²) < 4.78 is 19.6. The average Bonchev–Trinajstić information content (AvgIpc) is 3.14. The van der Waals surface area contributed by atoms with Gasteiger partial charge in [0, 0.05) is 32.0 Å². The summed E-state index contributed by atoms with van der Waals surface area (Å²) in [4.78, 5) is 5.02. The maximum Gasteiger partial charge on any atom is 0.154 e. The molecule has 0 amide bonds. The van der Waals surface area contributed by atoms with Crippen LogP contribution in [0.2, 0.25) is 0 Å². The molecule has 1 aromatic rings. The van der Waals surface area contributed by atoms with Crippen LogP contribution in [0.1, 0.15) is 207 Å². The quantitative estimate of drug-likeness (QED) is 0.0694. The van der Waals surface area contributed by atoms with E-state index in [1.165, 1.54) is 167 Å². The Morgan fingerprint density at radius 3 is 1.08 bits per heavy atom. The van der Waals surface area contributed by atoms with E-state index in [1.807, 2.05) is 0 Å². The Kier molecular flexibility index (Phi) is 29.9. The molecule has 2 rings (SSSR count). The first kappa shape index (κ1) is 45.9. The van der Waals surface area contributed by atoms with Crippen molar-refractivity contribution in [1.82, 2.24) is 9.80 Å². The van der Waals surface area contributed by atoms with E-state index in [-0.39, 0.29) is 12.5 Å². The summed E-state index contributed by atoms with van der Waals surface area (Å²) in [5, 5.41) is 0. The second kappa shape index (κ2) is 33.3.